The number of nitrogens with one attached hydrogen (secondary N) is 2. The summed E-state index contributed by atoms with van der Waals surface area (Å²) in [7, 11) is 3.08. The van der Waals surface area contributed by atoms with Gasteiger partial charge in [0.15, 0.2) is 18.1 Å². The second kappa shape index (κ2) is 8.27. The van der Waals surface area contributed by atoms with Crippen molar-refractivity contribution < 1.29 is 19.0 Å². The van der Waals surface area contributed by atoms with Crippen molar-refractivity contribution >= 4 is 16.8 Å². The molecular weight excluding hydrogens is 348 g/mol. The Balaban J connectivity index is 1.70. The van der Waals surface area contributed by atoms with Crippen molar-refractivity contribution in [1.82, 2.24) is 10.3 Å². The molecule has 0 atom stereocenters. The van der Waals surface area contributed by atoms with Gasteiger partial charge in [0.25, 0.3) is 11.5 Å². The monoisotopic (exact) mass is 368 g/mol. The highest BCUT2D eigenvalue weighted by molar-refractivity contribution is 5.83. The Hall–Kier alpha value is -3.48. The minimum absolute atomic E-state index is 0.0939. The zero-order chi connectivity index (χ0) is 19.2. The van der Waals surface area contributed by atoms with E-state index in [0.29, 0.717) is 28.3 Å². The predicted molar refractivity (Wildman–Crippen MR) is 101 cm³/mol. The number of rotatable bonds is 7. The van der Waals surface area contributed by atoms with Crippen LogP contribution in [0, 0.1) is 0 Å². The first-order valence-corrected chi connectivity index (χ1v) is 8.33. The number of carbonyl (C=O) groups excluding carboxylic acids is 1. The molecule has 0 saturated carbocycles. The normalized spacial score (nSPS) is 10.4. The fraction of sp³-hybridized carbons (Fsp3) is 0.200. The quantitative estimate of drug-likeness (QED) is 0.668. The third-order valence-electron chi connectivity index (χ3n) is 4.01. The molecule has 1 amide bonds. The van der Waals surface area contributed by atoms with Gasteiger partial charge in [-0.3, -0.25) is 9.59 Å². The van der Waals surface area contributed by atoms with Crippen molar-refractivity contribution in [2.45, 2.75) is 6.54 Å². The maximum Gasteiger partial charge on any atom is 0.258 e. The molecule has 1 aromatic heterocycles. The summed E-state index contributed by atoms with van der Waals surface area (Å²) in [6, 6.07) is 14.2. The van der Waals surface area contributed by atoms with Crippen LogP contribution in [0.1, 0.15) is 5.56 Å². The van der Waals surface area contributed by atoms with Crippen molar-refractivity contribution in [1.29, 1.82) is 0 Å². The smallest absolute Gasteiger partial charge is 0.258 e. The molecule has 0 unspecified atom stereocenters. The molecule has 0 aliphatic carbocycles. The fourth-order valence-electron chi connectivity index (χ4n) is 2.62. The third-order valence-corrected chi connectivity index (χ3v) is 4.01. The molecule has 0 fully saturated rings. The van der Waals surface area contributed by atoms with Crippen LogP contribution in [-0.2, 0) is 11.3 Å². The van der Waals surface area contributed by atoms with Crippen LogP contribution in [0.4, 0.5) is 0 Å². The lowest BCUT2D eigenvalue weighted by Crippen LogP contribution is -2.30. The van der Waals surface area contributed by atoms with Crippen LogP contribution in [-0.4, -0.2) is 31.7 Å². The van der Waals surface area contributed by atoms with Gasteiger partial charge in [-0.05, 0) is 24.3 Å². The molecule has 1 heterocycles. The zero-order valence-corrected chi connectivity index (χ0v) is 15.1. The molecule has 3 aromatic rings. The number of hydrogen-bond donors (Lipinski definition) is 2. The van der Waals surface area contributed by atoms with Gasteiger partial charge < -0.3 is 24.5 Å². The SMILES string of the molecule is COc1cc2cc(CNC(=O)COc3ccccc3)c(=O)[nH]c2cc1OC. The average Bonchev–Trinajstić information content (AvgIpc) is 2.70. The molecule has 2 N–H and O–H groups in total. The summed E-state index contributed by atoms with van der Waals surface area (Å²) in [6.45, 7) is -0.0306. The lowest BCUT2D eigenvalue weighted by molar-refractivity contribution is -0.123. The van der Waals surface area contributed by atoms with E-state index < -0.39 is 0 Å². The maximum absolute atomic E-state index is 12.3. The van der Waals surface area contributed by atoms with Crippen LogP contribution in [0.25, 0.3) is 10.9 Å². The Morgan fingerprint density at radius 1 is 1.04 bits per heavy atom. The van der Waals surface area contributed by atoms with Gasteiger partial charge in [0.1, 0.15) is 5.75 Å². The van der Waals surface area contributed by atoms with E-state index in [0.717, 1.165) is 5.39 Å². The summed E-state index contributed by atoms with van der Waals surface area (Å²) in [5.41, 5.74) is 0.780. The standard InChI is InChI=1S/C20H20N2O5/c1-25-17-9-13-8-14(20(24)22-16(13)10-18(17)26-2)11-21-19(23)12-27-15-6-4-3-5-7-15/h3-10H,11-12H2,1-2H3,(H,21,23)(H,22,24). The summed E-state index contributed by atoms with van der Waals surface area (Å²) < 4.78 is 15.9. The van der Waals surface area contributed by atoms with Gasteiger partial charge in [0.05, 0.1) is 19.7 Å². The first kappa shape index (κ1) is 18.3. The fourth-order valence-corrected chi connectivity index (χ4v) is 2.62. The van der Waals surface area contributed by atoms with Crippen LogP contribution >= 0.6 is 0 Å². The van der Waals surface area contributed by atoms with E-state index in [1.165, 1.54) is 7.11 Å². The largest absolute Gasteiger partial charge is 0.493 e. The van der Waals surface area contributed by atoms with Crippen LogP contribution in [0.2, 0.25) is 0 Å². The number of carbonyl (C=O) groups is 1. The molecule has 27 heavy (non-hydrogen) atoms. The molecule has 7 nitrogen and oxygen atoms in total. The van der Waals surface area contributed by atoms with E-state index in [1.807, 2.05) is 18.2 Å². The van der Waals surface area contributed by atoms with Gasteiger partial charge in [0, 0.05) is 23.6 Å². The van der Waals surface area contributed by atoms with Crippen LogP contribution in [0.15, 0.2) is 53.3 Å². The molecule has 2 aromatic carbocycles. The number of aromatic nitrogens is 1. The van der Waals surface area contributed by atoms with Crippen molar-refractivity contribution in [3.8, 4) is 17.2 Å². The second-order valence-electron chi connectivity index (χ2n) is 5.80. The zero-order valence-electron chi connectivity index (χ0n) is 15.1. The third kappa shape index (κ3) is 4.38. The van der Waals surface area contributed by atoms with Gasteiger partial charge >= 0.3 is 0 Å². The van der Waals surface area contributed by atoms with E-state index in [9.17, 15) is 9.59 Å². The highest BCUT2D eigenvalue weighted by Gasteiger charge is 2.10. The number of aromatic amines is 1. The topological polar surface area (TPSA) is 89.6 Å². The number of methoxy groups -OCH3 is 2. The number of pyridine rings is 1. The molecule has 0 spiro atoms. The molecule has 140 valence electrons. The van der Waals surface area contributed by atoms with Crippen molar-refractivity contribution in [3.63, 3.8) is 0 Å². The Kier molecular flexibility index (Phi) is 5.61. The molecule has 3 rings (SSSR count). The highest BCUT2D eigenvalue weighted by atomic mass is 16.5. The summed E-state index contributed by atoms with van der Waals surface area (Å²) >= 11 is 0. The highest BCUT2D eigenvalue weighted by Crippen LogP contribution is 2.30. The minimum Gasteiger partial charge on any atom is -0.493 e. The van der Waals surface area contributed by atoms with Crippen LogP contribution in [0.3, 0.4) is 0 Å². The van der Waals surface area contributed by atoms with E-state index in [2.05, 4.69) is 10.3 Å². The Morgan fingerprint density at radius 3 is 2.44 bits per heavy atom. The molecule has 0 radical (unpaired) electrons. The van der Waals surface area contributed by atoms with Gasteiger partial charge in [-0.25, -0.2) is 0 Å². The first-order valence-electron chi connectivity index (χ1n) is 8.33. The summed E-state index contributed by atoms with van der Waals surface area (Å²) in [5.74, 6) is 1.38. The van der Waals surface area contributed by atoms with Crippen LogP contribution < -0.4 is 25.1 Å². The van der Waals surface area contributed by atoms with Gasteiger partial charge in [-0.1, -0.05) is 18.2 Å². The Bertz CT molecular complexity index is 998. The van der Waals surface area contributed by atoms with Gasteiger partial charge in [0.2, 0.25) is 0 Å². The number of hydrogen-bond acceptors (Lipinski definition) is 5. The summed E-state index contributed by atoms with van der Waals surface area (Å²) in [6.07, 6.45) is 0. The van der Waals surface area contributed by atoms with Crippen LogP contribution in [0.5, 0.6) is 17.2 Å². The predicted octanol–water partition coefficient (Wildman–Crippen LogP) is 2.24. The summed E-state index contributed by atoms with van der Waals surface area (Å²) in [4.78, 5) is 27.0. The van der Waals surface area contributed by atoms with E-state index in [4.69, 9.17) is 14.2 Å². The molecule has 0 aliphatic heterocycles. The average molecular weight is 368 g/mol. The van der Waals surface area contributed by atoms with E-state index in [1.54, 1.807) is 37.4 Å². The number of H-pyrrole nitrogens is 1. The molecule has 7 heteroatoms. The van der Waals surface area contributed by atoms with Gasteiger partial charge in [-0.15, -0.1) is 0 Å². The first-order chi connectivity index (χ1) is 13.1. The number of ether oxygens (including phenoxy) is 3. The number of amides is 1. The van der Waals surface area contributed by atoms with Crippen molar-refractivity contribution in [3.05, 3.63) is 64.4 Å². The molecule has 0 saturated heterocycles. The van der Waals surface area contributed by atoms with Crippen molar-refractivity contribution in [2.75, 3.05) is 20.8 Å². The Labute approximate surface area is 155 Å². The second-order valence-corrected chi connectivity index (χ2v) is 5.80. The van der Waals surface area contributed by atoms with E-state index in [-0.39, 0.29) is 24.6 Å². The molecular formula is C20H20N2O5. The summed E-state index contributed by atoms with van der Waals surface area (Å²) in [5, 5.41) is 3.46. The Morgan fingerprint density at radius 2 is 1.74 bits per heavy atom. The number of fused-ring (bicyclic) bond motifs is 1. The number of para-hydroxylation sites is 1. The molecule has 0 bridgehead atoms. The van der Waals surface area contributed by atoms with Crippen molar-refractivity contribution in [2.24, 2.45) is 0 Å². The minimum atomic E-state index is -0.314. The number of benzene rings is 2. The lowest BCUT2D eigenvalue weighted by atomic mass is 10.1. The van der Waals surface area contributed by atoms with E-state index >= 15 is 0 Å². The molecule has 0 aliphatic rings. The van der Waals surface area contributed by atoms with Gasteiger partial charge in [-0.2, -0.15) is 0 Å². The lowest BCUT2D eigenvalue weighted by Gasteiger charge is -2.10. The maximum atomic E-state index is 12.3.